The zero-order valence-corrected chi connectivity index (χ0v) is 16.8. The van der Waals surface area contributed by atoms with Gasteiger partial charge in [0.05, 0.1) is 35.0 Å². The third kappa shape index (κ3) is 3.47. The maximum Gasteiger partial charge on any atom is 0.161 e. The zero-order chi connectivity index (χ0) is 21.2. The van der Waals surface area contributed by atoms with Crippen LogP contribution >= 0.6 is 0 Å². The first kappa shape index (κ1) is 18.8. The number of para-hydroxylation sites is 2. The van der Waals surface area contributed by atoms with Crippen molar-refractivity contribution in [3.63, 3.8) is 0 Å². The molecular formula is C27H20N2O2. The van der Waals surface area contributed by atoms with E-state index in [-0.39, 0.29) is 5.75 Å². The topological polar surface area (TPSA) is 58.2 Å². The van der Waals surface area contributed by atoms with Crippen LogP contribution in [0.2, 0.25) is 0 Å². The molecule has 4 heteroatoms. The lowest BCUT2D eigenvalue weighted by molar-refractivity contribution is 0.303. The van der Waals surface area contributed by atoms with Crippen molar-refractivity contribution in [3.8, 4) is 23.3 Å². The van der Waals surface area contributed by atoms with Gasteiger partial charge in [-0.1, -0.05) is 48.5 Å². The molecule has 4 nitrogen and oxygen atoms in total. The van der Waals surface area contributed by atoms with Gasteiger partial charge in [-0.3, -0.25) is 0 Å². The zero-order valence-electron chi connectivity index (χ0n) is 16.8. The Morgan fingerprint density at radius 3 is 2.06 bits per heavy atom. The molecule has 0 unspecified atom stereocenters. The average Bonchev–Trinajstić information content (AvgIpc) is 3.15. The van der Waals surface area contributed by atoms with Crippen LogP contribution in [0, 0.1) is 11.3 Å². The average molecular weight is 404 g/mol. The standard InChI is InChI=1S/C27H20N2O2/c28-18-20-11-9-19(10-12-20)15-16-31-27-14-13-21(17-26(27)30)29-24-7-3-1-5-22(24)23-6-2-4-8-25(23)29/h1-14,17,30H,15-16H2. The van der Waals surface area contributed by atoms with Gasteiger partial charge in [-0.05, 0) is 42.0 Å². The normalized spacial score (nSPS) is 10.9. The summed E-state index contributed by atoms with van der Waals surface area (Å²) in [4.78, 5) is 0. The van der Waals surface area contributed by atoms with E-state index < -0.39 is 0 Å². The lowest BCUT2D eigenvalue weighted by Gasteiger charge is -2.12. The molecule has 5 rings (SSSR count). The highest BCUT2D eigenvalue weighted by atomic mass is 16.5. The van der Waals surface area contributed by atoms with Crippen LogP contribution in [0.5, 0.6) is 11.5 Å². The second-order valence-electron chi connectivity index (χ2n) is 7.43. The van der Waals surface area contributed by atoms with E-state index in [9.17, 15) is 5.11 Å². The van der Waals surface area contributed by atoms with Gasteiger partial charge in [0.25, 0.3) is 0 Å². The Hall–Kier alpha value is -4.23. The Kier molecular flexibility index (Phi) is 4.78. The summed E-state index contributed by atoms with van der Waals surface area (Å²) in [5.41, 5.74) is 4.80. The first-order chi connectivity index (χ1) is 15.2. The minimum absolute atomic E-state index is 0.110. The molecule has 0 saturated heterocycles. The Bertz CT molecular complexity index is 1370. The first-order valence-corrected chi connectivity index (χ1v) is 10.2. The lowest BCUT2D eigenvalue weighted by Crippen LogP contribution is -2.02. The summed E-state index contributed by atoms with van der Waals surface area (Å²) in [5, 5.41) is 21.9. The molecule has 0 aliphatic heterocycles. The van der Waals surface area contributed by atoms with Crippen molar-refractivity contribution in [1.29, 1.82) is 5.26 Å². The monoisotopic (exact) mass is 404 g/mol. The van der Waals surface area contributed by atoms with Crippen molar-refractivity contribution in [2.24, 2.45) is 0 Å². The van der Waals surface area contributed by atoms with E-state index in [2.05, 4.69) is 34.9 Å². The van der Waals surface area contributed by atoms with Crippen LogP contribution in [0.3, 0.4) is 0 Å². The predicted octanol–water partition coefficient (Wildman–Crippen LogP) is 5.98. The molecule has 1 heterocycles. The van der Waals surface area contributed by atoms with Crippen molar-refractivity contribution >= 4 is 21.8 Å². The van der Waals surface area contributed by atoms with E-state index in [1.165, 1.54) is 10.8 Å². The molecule has 4 aromatic carbocycles. The SMILES string of the molecule is N#Cc1ccc(CCOc2ccc(-n3c4ccccc4c4ccccc43)cc2O)cc1. The maximum atomic E-state index is 10.6. The molecule has 1 aromatic heterocycles. The van der Waals surface area contributed by atoms with Crippen molar-refractivity contribution in [3.05, 3.63) is 102 Å². The highest BCUT2D eigenvalue weighted by Gasteiger charge is 2.13. The lowest BCUT2D eigenvalue weighted by atomic mass is 10.1. The molecule has 31 heavy (non-hydrogen) atoms. The Labute approximate surface area is 180 Å². The predicted molar refractivity (Wildman–Crippen MR) is 123 cm³/mol. The quantitative estimate of drug-likeness (QED) is 0.392. The number of ether oxygens (including phenoxy) is 1. The number of nitrogens with zero attached hydrogens (tertiary/aromatic N) is 2. The fourth-order valence-electron chi connectivity index (χ4n) is 3.99. The number of nitriles is 1. The van der Waals surface area contributed by atoms with Crippen LogP contribution in [0.15, 0.2) is 91.0 Å². The van der Waals surface area contributed by atoms with E-state index in [4.69, 9.17) is 10.00 Å². The smallest absolute Gasteiger partial charge is 0.161 e. The first-order valence-electron chi connectivity index (χ1n) is 10.2. The summed E-state index contributed by atoms with van der Waals surface area (Å²) in [6.07, 6.45) is 0.694. The van der Waals surface area contributed by atoms with E-state index in [1.54, 1.807) is 18.2 Å². The second-order valence-corrected chi connectivity index (χ2v) is 7.43. The summed E-state index contributed by atoms with van der Waals surface area (Å²) in [7, 11) is 0. The summed E-state index contributed by atoms with van der Waals surface area (Å²) < 4.78 is 7.98. The largest absolute Gasteiger partial charge is 0.504 e. The van der Waals surface area contributed by atoms with Gasteiger partial charge < -0.3 is 14.4 Å². The number of benzene rings is 4. The van der Waals surface area contributed by atoms with Crippen molar-refractivity contribution in [2.45, 2.75) is 6.42 Å². The van der Waals surface area contributed by atoms with Crippen molar-refractivity contribution < 1.29 is 9.84 Å². The van der Waals surface area contributed by atoms with Gasteiger partial charge in [0.1, 0.15) is 0 Å². The fraction of sp³-hybridized carbons (Fsp3) is 0.0741. The molecule has 0 aliphatic carbocycles. The van der Waals surface area contributed by atoms with Gasteiger partial charge >= 0.3 is 0 Å². The molecule has 1 N–H and O–H groups in total. The van der Waals surface area contributed by atoms with Crippen molar-refractivity contribution in [2.75, 3.05) is 6.61 Å². The van der Waals surface area contributed by atoms with E-state index in [0.29, 0.717) is 24.3 Å². The highest BCUT2D eigenvalue weighted by molar-refractivity contribution is 6.09. The fourth-order valence-corrected chi connectivity index (χ4v) is 3.99. The molecule has 0 radical (unpaired) electrons. The number of aromatic hydroxyl groups is 1. The maximum absolute atomic E-state index is 10.6. The molecule has 150 valence electrons. The molecule has 5 aromatic rings. The Morgan fingerprint density at radius 1 is 0.806 bits per heavy atom. The van der Waals surface area contributed by atoms with E-state index in [0.717, 1.165) is 22.3 Å². The third-order valence-corrected chi connectivity index (χ3v) is 5.51. The van der Waals surface area contributed by atoms with Crippen LogP contribution in [0.1, 0.15) is 11.1 Å². The Balaban J connectivity index is 1.41. The van der Waals surface area contributed by atoms with Crippen LogP contribution in [0.4, 0.5) is 0 Å². The minimum atomic E-state index is 0.110. The number of hydrogen-bond acceptors (Lipinski definition) is 3. The van der Waals surface area contributed by atoms with Crippen LogP contribution in [-0.2, 0) is 6.42 Å². The van der Waals surface area contributed by atoms with Gasteiger partial charge in [-0.2, -0.15) is 5.26 Å². The molecule has 0 fully saturated rings. The number of aromatic nitrogens is 1. The number of fused-ring (bicyclic) bond motifs is 3. The van der Waals surface area contributed by atoms with Gasteiger partial charge in [-0.25, -0.2) is 0 Å². The van der Waals surface area contributed by atoms with Crippen LogP contribution in [-0.4, -0.2) is 16.3 Å². The van der Waals surface area contributed by atoms with E-state index >= 15 is 0 Å². The minimum Gasteiger partial charge on any atom is -0.504 e. The molecule has 0 amide bonds. The van der Waals surface area contributed by atoms with Crippen molar-refractivity contribution in [1.82, 2.24) is 4.57 Å². The van der Waals surface area contributed by atoms with E-state index in [1.807, 2.05) is 48.5 Å². The summed E-state index contributed by atoms with van der Waals surface area (Å²) in [6.45, 7) is 0.439. The number of phenols is 1. The molecular weight excluding hydrogens is 384 g/mol. The van der Waals surface area contributed by atoms with Gasteiger partial charge in [0.2, 0.25) is 0 Å². The third-order valence-electron chi connectivity index (χ3n) is 5.51. The second kappa shape index (κ2) is 7.89. The van der Waals surface area contributed by atoms with Gasteiger partial charge in [-0.15, -0.1) is 0 Å². The molecule has 0 spiro atoms. The Morgan fingerprint density at radius 2 is 1.45 bits per heavy atom. The number of hydrogen-bond donors (Lipinski definition) is 1. The number of phenolic OH excluding ortho intramolecular Hbond substituents is 1. The van der Waals surface area contributed by atoms with Crippen LogP contribution < -0.4 is 4.74 Å². The summed E-state index contributed by atoms with van der Waals surface area (Å²) >= 11 is 0. The molecule has 0 atom stereocenters. The molecule has 0 bridgehead atoms. The molecule has 0 aliphatic rings. The van der Waals surface area contributed by atoms with Crippen LogP contribution in [0.25, 0.3) is 27.5 Å². The molecule has 0 saturated carbocycles. The van der Waals surface area contributed by atoms with Gasteiger partial charge in [0, 0.05) is 23.3 Å². The van der Waals surface area contributed by atoms with Gasteiger partial charge in [0.15, 0.2) is 11.5 Å². The number of rotatable bonds is 5. The highest BCUT2D eigenvalue weighted by Crippen LogP contribution is 2.35. The summed E-state index contributed by atoms with van der Waals surface area (Å²) in [6, 6.07) is 31.6. The summed E-state index contributed by atoms with van der Waals surface area (Å²) in [5.74, 6) is 0.567.